The van der Waals surface area contributed by atoms with Crippen LogP contribution in [0.2, 0.25) is 0 Å². The fourth-order valence-corrected chi connectivity index (χ4v) is 5.06. The number of methoxy groups -OCH3 is 1. The summed E-state index contributed by atoms with van der Waals surface area (Å²) >= 11 is 0. The van der Waals surface area contributed by atoms with Crippen LogP contribution in [0, 0.1) is 5.92 Å². The number of nitrogens with one attached hydrogen (secondary N) is 2. The van der Waals surface area contributed by atoms with Gasteiger partial charge in [-0.3, -0.25) is 18.9 Å². The zero-order valence-corrected chi connectivity index (χ0v) is 23.4. The van der Waals surface area contributed by atoms with Gasteiger partial charge in [-0.1, -0.05) is 13.0 Å². The van der Waals surface area contributed by atoms with Crippen molar-refractivity contribution in [1.29, 1.82) is 0 Å². The number of halogens is 6. The minimum Gasteiger partial charge on any atom is -0.480 e. The number of benzene rings is 2. The number of carbonyl (C=O) groups is 1. The molecule has 16 heteroatoms. The summed E-state index contributed by atoms with van der Waals surface area (Å²) < 4.78 is 102. The van der Waals surface area contributed by atoms with Crippen LogP contribution in [-0.4, -0.2) is 38.8 Å². The van der Waals surface area contributed by atoms with Crippen LogP contribution in [0.25, 0.3) is 22.0 Å². The Kier molecular flexibility index (Phi) is 8.80. The highest BCUT2D eigenvalue weighted by atomic mass is 32.2. The first-order valence-corrected chi connectivity index (χ1v) is 13.5. The minimum absolute atomic E-state index is 0.0643. The van der Waals surface area contributed by atoms with Crippen molar-refractivity contribution in [2.24, 2.45) is 5.92 Å². The van der Waals surface area contributed by atoms with E-state index in [1.54, 1.807) is 19.1 Å². The van der Waals surface area contributed by atoms with Crippen LogP contribution in [0.5, 0.6) is 5.88 Å². The van der Waals surface area contributed by atoms with Crippen molar-refractivity contribution in [1.82, 2.24) is 19.9 Å². The Hall–Kier alpha value is -4.47. The van der Waals surface area contributed by atoms with Gasteiger partial charge in [0.15, 0.2) is 0 Å². The van der Waals surface area contributed by atoms with Crippen molar-refractivity contribution in [2.75, 3.05) is 18.9 Å². The summed E-state index contributed by atoms with van der Waals surface area (Å²) in [4.78, 5) is 32.7. The molecule has 9 nitrogen and oxygen atoms in total. The second-order valence-corrected chi connectivity index (χ2v) is 10.6. The number of hydrogen-bond acceptors (Lipinski definition) is 6. The van der Waals surface area contributed by atoms with Gasteiger partial charge in [-0.2, -0.15) is 26.3 Å². The molecule has 0 spiro atoms. The number of ether oxygens (including phenoxy) is 1. The number of rotatable bonds is 8. The average Bonchev–Trinajstić information content (AvgIpc) is 2.96. The lowest BCUT2D eigenvalue weighted by molar-refractivity contribution is -0.143. The van der Waals surface area contributed by atoms with Crippen LogP contribution in [0.4, 0.5) is 32.0 Å². The maximum absolute atomic E-state index is 13.3. The van der Waals surface area contributed by atoms with E-state index < -0.39 is 50.8 Å². The third-order valence-corrected chi connectivity index (χ3v) is 7.41. The van der Waals surface area contributed by atoms with Crippen LogP contribution < -0.4 is 20.3 Å². The maximum atomic E-state index is 13.3. The molecule has 2 aromatic heterocycles. The predicted octanol–water partition coefficient (Wildman–Crippen LogP) is 5.02. The summed E-state index contributed by atoms with van der Waals surface area (Å²) in [6, 6.07) is 6.70. The lowest BCUT2D eigenvalue weighted by Crippen LogP contribution is -2.32. The zero-order chi connectivity index (χ0) is 31.7. The standard InChI is InChI=1S/C27H23F6N5O4S/c1-14(23(39)34-2)12-38-13-36-21-5-4-15(6-20(21)25(38)40)16-7-22(24(42-3)35-11-16)37-43(41)19-9-17(26(28,29)30)8-18(10-19)27(31,32)33/h4-11,13-14,37H,12H2,1-3H3,(H,34,39). The number of pyridine rings is 1. The van der Waals surface area contributed by atoms with Crippen LogP contribution in [0.1, 0.15) is 18.1 Å². The lowest BCUT2D eigenvalue weighted by atomic mass is 10.0. The molecule has 228 valence electrons. The molecule has 0 fully saturated rings. The molecule has 4 aromatic rings. The summed E-state index contributed by atoms with van der Waals surface area (Å²) in [5.41, 5.74) is -2.62. The van der Waals surface area contributed by atoms with Crippen molar-refractivity contribution in [2.45, 2.75) is 30.7 Å². The molecule has 0 aliphatic heterocycles. The summed E-state index contributed by atoms with van der Waals surface area (Å²) in [5.74, 6) is -0.926. The Labute approximate surface area is 242 Å². The number of amides is 1. The van der Waals surface area contributed by atoms with E-state index in [-0.39, 0.29) is 35.5 Å². The van der Waals surface area contributed by atoms with Crippen molar-refractivity contribution in [3.05, 3.63) is 76.5 Å². The Balaban J connectivity index is 1.72. The van der Waals surface area contributed by atoms with E-state index in [0.29, 0.717) is 28.8 Å². The van der Waals surface area contributed by atoms with Gasteiger partial charge in [0.25, 0.3) is 5.56 Å². The minimum atomic E-state index is -5.12. The number of anilines is 1. The molecule has 2 heterocycles. The SMILES string of the molecule is CNC(=O)C(C)Cn1cnc2ccc(-c3cnc(OC)c(NS(=O)c4cc(C(F)(F)F)cc(C(F)(F)F)c4)c3)cc2c1=O. The topological polar surface area (TPSA) is 115 Å². The molecule has 0 saturated carbocycles. The largest absolute Gasteiger partial charge is 0.480 e. The molecule has 0 radical (unpaired) electrons. The Morgan fingerprint density at radius 1 is 1.00 bits per heavy atom. The van der Waals surface area contributed by atoms with Gasteiger partial charge in [-0.15, -0.1) is 0 Å². The summed E-state index contributed by atoms with van der Waals surface area (Å²) in [6.45, 7) is 1.72. The van der Waals surface area contributed by atoms with E-state index in [4.69, 9.17) is 4.74 Å². The summed E-state index contributed by atoms with van der Waals surface area (Å²) in [5, 5.41) is 2.72. The fraction of sp³-hybridized carbons (Fsp3) is 0.259. The zero-order valence-electron chi connectivity index (χ0n) is 22.6. The highest BCUT2D eigenvalue weighted by Gasteiger charge is 2.37. The molecule has 0 saturated heterocycles. The average molecular weight is 628 g/mol. The van der Waals surface area contributed by atoms with Gasteiger partial charge < -0.3 is 10.1 Å². The van der Waals surface area contributed by atoms with Gasteiger partial charge in [-0.25, -0.2) is 14.2 Å². The third-order valence-electron chi connectivity index (χ3n) is 6.34. The molecule has 0 aliphatic rings. The van der Waals surface area contributed by atoms with Gasteiger partial charge in [0.2, 0.25) is 11.8 Å². The number of fused-ring (bicyclic) bond motifs is 1. The first-order valence-electron chi connectivity index (χ1n) is 12.4. The van der Waals surface area contributed by atoms with Gasteiger partial charge in [0, 0.05) is 25.4 Å². The molecule has 4 rings (SSSR count). The first-order chi connectivity index (χ1) is 20.1. The smallest absolute Gasteiger partial charge is 0.416 e. The lowest BCUT2D eigenvalue weighted by Gasteiger charge is -2.15. The molecule has 2 N–H and O–H groups in total. The Bertz CT molecular complexity index is 1740. The van der Waals surface area contributed by atoms with Crippen LogP contribution >= 0.6 is 0 Å². The van der Waals surface area contributed by atoms with E-state index in [2.05, 4.69) is 20.0 Å². The van der Waals surface area contributed by atoms with E-state index in [1.165, 1.54) is 43.4 Å². The third kappa shape index (κ3) is 6.96. The van der Waals surface area contributed by atoms with E-state index in [1.807, 2.05) is 0 Å². The molecular weight excluding hydrogens is 604 g/mol. The molecule has 0 aliphatic carbocycles. The van der Waals surface area contributed by atoms with Gasteiger partial charge in [-0.05, 0) is 42.0 Å². The molecule has 0 bridgehead atoms. The quantitative estimate of drug-likeness (QED) is 0.265. The van der Waals surface area contributed by atoms with Gasteiger partial charge in [0.1, 0.15) is 16.7 Å². The van der Waals surface area contributed by atoms with E-state index >= 15 is 0 Å². The number of nitrogens with zero attached hydrogens (tertiary/aromatic N) is 3. The van der Waals surface area contributed by atoms with Gasteiger partial charge >= 0.3 is 12.4 Å². The number of alkyl halides is 6. The molecule has 2 unspecified atom stereocenters. The van der Waals surface area contributed by atoms with Crippen LogP contribution in [0.15, 0.2) is 64.7 Å². The molecule has 2 aromatic carbocycles. The molecule has 1 amide bonds. The number of hydrogen-bond donors (Lipinski definition) is 2. The van der Waals surface area contributed by atoms with E-state index in [9.17, 15) is 40.1 Å². The monoisotopic (exact) mass is 627 g/mol. The molecule has 2 atom stereocenters. The number of aromatic nitrogens is 3. The maximum Gasteiger partial charge on any atom is 0.416 e. The number of carbonyl (C=O) groups excluding carboxylic acids is 1. The van der Waals surface area contributed by atoms with E-state index in [0.717, 1.165) is 0 Å². The summed E-state index contributed by atoms with van der Waals surface area (Å²) in [6.07, 6.45) is -7.57. The second-order valence-electron chi connectivity index (χ2n) is 9.34. The second kappa shape index (κ2) is 12.0. The van der Waals surface area contributed by atoms with Crippen molar-refractivity contribution >= 4 is 33.5 Å². The van der Waals surface area contributed by atoms with Crippen molar-refractivity contribution in [3.8, 4) is 17.0 Å². The summed E-state index contributed by atoms with van der Waals surface area (Å²) in [7, 11) is 0.0872. The Morgan fingerprint density at radius 2 is 1.65 bits per heavy atom. The highest BCUT2D eigenvalue weighted by molar-refractivity contribution is 7.86. The highest BCUT2D eigenvalue weighted by Crippen LogP contribution is 2.37. The molecule has 43 heavy (non-hydrogen) atoms. The van der Waals surface area contributed by atoms with Crippen molar-refractivity contribution < 1.29 is 40.1 Å². The predicted molar refractivity (Wildman–Crippen MR) is 145 cm³/mol. The van der Waals surface area contributed by atoms with Crippen molar-refractivity contribution in [3.63, 3.8) is 0 Å². The fourth-order valence-electron chi connectivity index (χ4n) is 4.13. The molecular formula is C27H23F6N5O4S. The van der Waals surface area contributed by atoms with Crippen LogP contribution in [0.3, 0.4) is 0 Å². The first kappa shape index (κ1) is 31.5. The normalized spacial score (nSPS) is 13.4. The van der Waals surface area contributed by atoms with Crippen LogP contribution in [-0.2, 0) is 34.7 Å². The van der Waals surface area contributed by atoms with Gasteiger partial charge in [0.05, 0.1) is 46.3 Å². The Morgan fingerprint density at radius 3 is 2.23 bits per heavy atom.